The molecule has 0 aliphatic rings. The largest absolute Gasteiger partial charge is 0.356 e. The van der Waals surface area contributed by atoms with Crippen molar-refractivity contribution >= 4 is 34.8 Å². The first kappa shape index (κ1) is 22.5. The third kappa shape index (κ3) is 6.56. The first-order chi connectivity index (χ1) is 9.85. The van der Waals surface area contributed by atoms with Gasteiger partial charge in [0.15, 0.2) is 0 Å². The van der Waals surface area contributed by atoms with Crippen LogP contribution in [-0.2, 0) is 25.6 Å². The van der Waals surface area contributed by atoms with Crippen molar-refractivity contribution in [3.63, 3.8) is 0 Å². The number of nitrogens with zero attached hydrogens (tertiary/aromatic N) is 1. The second-order valence-electron chi connectivity index (χ2n) is 6.35. The zero-order chi connectivity index (χ0) is 17.7. The summed E-state index contributed by atoms with van der Waals surface area (Å²) < 4.78 is 10.9. The standard InChI is InChI=1S/C14H31NO4PS2/c1-10(2)15(17,11(3)4)14(16)9-22-20(21,18-12(5)6)19-13(7)8/h10-13,17H,9H2,1-8H3/q+1. The van der Waals surface area contributed by atoms with Crippen LogP contribution in [0.3, 0.4) is 0 Å². The van der Waals surface area contributed by atoms with Crippen LogP contribution in [0.1, 0.15) is 55.4 Å². The maximum atomic E-state index is 12.5. The van der Waals surface area contributed by atoms with Crippen molar-refractivity contribution in [2.24, 2.45) is 0 Å². The number of quaternary nitrogens is 1. The van der Waals surface area contributed by atoms with E-state index < -0.39 is 10.3 Å². The molecule has 0 aliphatic carbocycles. The molecule has 0 spiro atoms. The number of amides is 1. The van der Waals surface area contributed by atoms with Crippen LogP contribution in [0.2, 0.25) is 0 Å². The molecule has 0 aromatic rings. The number of carbonyl (C=O) groups is 1. The fourth-order valence-electron chi connectivity index (χ4n) is 2.01. The van der Waals surface area contributed by atoms with Crippen LogP contribution in [-0.4, -0.2) is 45.8 Å². The van der Waals surface area contributed by atoms with Crippen LogP contribution < -0.4 is 0 Å². The monoisotopic (exact) mass is 372 g/mol. The fourth-order valence-corrected chi connectivity index (χ4v) is 7.40. The first-order valence-electron chi connectivity index (χ1n) is 7.61. The maximum Gasteiger partial charge on any atom is 0.356 e. The lowest BCUT2D eigenvalue weighted by molar-refractivity contribution is -1.07. The molecule has 0 radical (unpaired) electrons. The van der Waals surface area contributed by atoms with Gasteiger partial charge in [0.2, 0.25) is 5.69 Å². The second kappa shape index (κ2) is 9.11. The van der Waals surface area contributed by atoms with E-state index in [1.807, 2.05) is 55.4 Å². The molecule has 0 heterocycles. The molecule has 0 fully saturated rings. The third-order valence-electron chi connectivity index (χ3n) is 3.00. The van der Waals surface area contributed by atoms with Crippen molar-refractivity contribution < 1.29 is 23.7 Å². The first-order valence-corrected chi connectivity index (χ1v) is 11.8. The van der Waals surface area contributed by atoms with Gasteiger partial charge < -0.3 is 9.05 Å². The zero-order valence-corrected chi connectivity index (χ0v) is 17.4. The lowest BCUT2D eigenvalue weighted by atomic mass is 10.2. The van der Waals surface area contributed by atoms with Gasteiger partial charge in [-0.15, -0.1) is 4.65 Å². The lowest BCUT2D eigenvalue weighted by Crippen LogP contribution is -2.59. The normalized spacial score (nSPS) is 13.7. The highest BCUT2D eigenvalue weighted by atomic mass is 32.9. The van der Waals surface area contributed by atoms with Gasteiger partial charge in [0.05, 0.1) is 12.2 Å². The van der Waals surface area contributed by atoms with Gasteiger partial charge in [-0.1, -0.05) is 11.4 Å². The molecule has 1 N–H and O–H groups in total. The molecule has 0 aliphatic heterocycles. The second-order valence-corrected chi connectivity index (χ2v) is 12.6. The minimum Gasteiger partial charge on any atom is -0.319 e. The van der Waals surface area contributed by atoms with E-state index in [0.717, 1.165) is 0 Å². The summed E-state index contributed by atoms with van der Waals surface area (Å²) in [6, 6.07) is -0.439. The van der Waals surface area contributed by atoms with Crippen LogP contribution in [0, 0.1) is 0 Å². The van der Waals surface area contributed by atoms with E-state index in [1.54, 1.807) is 0 Å². The number of carbonyl (C=O) groups excluding carboxylic acids is 1. The maximum absolute atomic E-state index is 12.5. The molecule has 0 saturated carbocycles. The highest BCUT2D eigenvalue weighted by Gasteiger charge is 2.43. The molecular formula is C14H31NO4PS2+. The molecule has 0 atom stereocenters. The summed E-state index contributed by atoms with van der Waals surface area (Å²) in [6.07, 6.45) is -0.147. The molecule has 0 aromatic carbocycles. The van der Waals surface area contributed by atoms with Gasteiger partial charge >= 0.3 is 5.91 Å². The summed E-state index contributed by atoms with van der Waals surface area (Å²) in [5.41, 5.74) is -2.61. The van der Waals surface area contributed by atoms with Gasteiger partial charge in [-0.05, 0) is 67.2 Å². The molecule has 0 unspecified atom stereocenters. The Bertz CT molecular complexity index is 392. The predicted octanol–water partition coefficient (Wildman–Crippen LogP) is 4.34. The van der Waals surface area contributed by atoms with Crippen molar-refractivity contribution in [3.05, 3.63) is 0 Å². The van der Waals surface area contributed by atoms with Crippen molar-refractivity contribution in [1.82, 2.24) is 0 Å². The Hall–Kier alpha value is 0.510. The van der Waals surface area contributed by atoms with Crippen LogP contribution in [0.25, 0.3) is 0 Å². The van der Waals surface area contributed by atoms with Gasteiger partial charge in [0, 0.05) is 0 Å². The number of hydroxylamine groups is 3. The summed E-state index contributed by atoms with van der Waals surface area (Å²) in [5.74, 6) is -0.201. The predicted molar refractivity (Wildman–Crippen MR) is 96.5 cm³/mol. The average Bonchev–Trinajstić information content (AvgIpc) is 2.32. The SMILES string of the molecule is CC(C)OP(=S)(OC(C)C)SCC(=O)[N+](O)(C(C)C)C(C)C. The van der Waals surface area contributed by atoms with Crippen molar-refractivity contribution in [2.75, 3.05) is 5.75 Å². The van der Waals surface area contributed by atoms with Crippen LogP contribution in [0.15, 0.2) is 0 Å². The van der Waals surface area contributed by atoms with Gasteiger partial charge in [0.1, 0.15) is 17.8 Å². The Morgan fingerprint density at radius 2 is 1.41 bits per heavy atom. The van der Waals surface area contributed by atoms with Gasteiger partial charge in [-0.25, -0.2) is 10.0 Å². The summed E-state index contributed by atoms with van der Waals surface area (Å²) in [5, 5.41) is 10.7. The summed E-state index contributed by atoms with van der Waals surface area (Å²) in [6.45, 7) is 14.9. The van der Waals surface area contributed by atoms with Crippen LogP contribution >= 0.6 is 17.1 Å². The molecule has 0 bridgehead atoms. The minimum atomic E-state index is -2.61. The van der Waals surface area contributed by atoms with Crippen molar-refractivity contribution in [2.45, 2.75) is 79.7 Å². The van der Waals surface area contributed by atoms with E-state index in [1.165, 1.54) is 11.4 Å². The van der Waals surface area contributed by atoms with Crippen LogP contribution in [0.5, 0.6) is 0 Å². The number of rotatable bonds is 9. The Labute approximate surface area is 144 Å². The average molecular weight is 373 g/mol. The molecule has 0 rings (SSSR count). The van der Waals surface area contributed by atoms with E-state index in [0.29, 0.717) is 0 Å². The van der Waals surface area contributed by atoms with Gasteiger partial charge in [-0.3, -0.25) is 0 Å². The quantitative estimate of drug-likeness (QED) is 0.281. The molecule has 8 heteroatoms. The molecule has 5 nitrogen and oxygen atoms in total. The molecular weight excluding hydrogens is 341 g/mol. The van der Waals surface area contributed by atoms with E-state index in [4.69, 9.17) is 20.9 Å². The summed E-state index contributed by atoms with van der Waals surface area (Å²) in [7, 11) is 0. The molecule has 0 aromatic heterocycles. The smallest absolute Gasteiger partial charge is 0.319 e. The van der Waals surface area contributed by atoms with E-state index >= 15 is 0 Å². The highest BCUT2D eigenvalue weighted by Crippen LogP contribution is 2.62. The van der Waals surface area contributed by atoms with Gasteiger partial charge in [-0.2, -0.15) is 0 Å². The summed E-state index contributed by atoms with van der Waals surface area (Å²) in [4.78, 5) is 12.5. The Balaban J connectivity index is 5.05. The van der Waals surface area contributed by atoms with Gasteiger partial charge in [0.25, 0.3) is 0 Å². The number of hydrogen-bond donors (Lipinski definition) is 1. The highest BCUT2D eigenvalue weighted by molar-refractivity contribution is 8.68. The van der Waals surface area contributed by atoms with Crippen molar-refractivity contribution in [1.29, 1.82) is 0 Å². The number of hydrogen-bond acceptors (Lipinski definition) is 6. The molecule has 132 valence electrons. The minimum absolute atomic E-state index is 0.0730. The fraction of sp³-hybridized carbons (Fsp3) is 0.929. The Morgan fingerprint density at radius 1 is 1.05 bits per heavy atom. The van der Waals surface area contributed by atoms with E-state index in [-0.39, 0.29) is 36.0 Å². The summed E-state index contributed by atoms with van der Waals surface area (Å²) >= 11 is 6.72. The van der Waals surface area contributed by atoms with Crippen molar-refractivity contribution in [3.8, 4) is 0 Å². The topological polar surface area (TPSA) is 55.8 Å². The van der Waals surface area contributed by atoms with E-state index in [9.17, 15) is 10.0 Å². The molecule has 22 heavy (non-hydrogen) atoms. The van der Waals surface area contributed by atoms with E-state index in [2.05, 4.69) is 0 Å². The zero-order valence-electron chi connectivity index (χ0n) is 14.9. The molecule has 1 amide bonds. The van der Waals surface area contributed by atoms with Crippen LogP contribution in [0.4, 0.5) is 0 Å². The molecule has 0 saturated heterocycles. The third-order valence-corrected chi connectivity index (χ3v) is 8.37. The Kier molecular flexibility index (Phi) is 9.32. The Morgan fingerprint density at radius 3 is 1.68 bits per heavy atom. The lowest BCUT2D eigenvalue weighted by Gasteiger charge is -2.35.